The van der Waals surface area contributed by atoms with Gasteiger partial charge in [-0.15, -0.1) is 0 Å². The van der Waals surface area contributed by atoms with E-state index in [4.69, 9.17) is 0 Å². The van der Waals surface area contributed by atoms with Crippen LogP contribution in [0.1, 0.15) is 18.5 Å². The Bertz CT molecular complexity index is 1000. The molecular weight excluding hydrogens is 328 g/mol. The van der Waals surface area contributed by atoms with Crippen molar-refractivity contribution < 1.29 is 0 Å². The first-order valence-electron chi connectivity index (χ1n) is 8.64. The van der Waals surface area contributed by atoms with Gasteiger partial charge < -0.3 is 4.90 Å². The van der Waals surface area contributed by atoms with Gasteiger partial charge in [0.2, 0.25) is 0 Å². The molecule has 0 amide bonds. The summed E-state index contributed by atoms with van der Waals surface area (Å²) in [4.78, 5) is 13.1. The van der Waals surface area contributed by atoms with Gasteiger partial charge in [0.15, 0.2) is 0 Å². The summed E-state index contributed by atoms with van der Waals surface area (Å²) in [6.07, 6.45) is 8.99. The standard InChI is InChI=1S/C18H18N8/c1-2-4-16-15(3-1)17(20-13-19-16)25(11-14-5-8-21-24-14)12-18(6-7-18)26-22-9-10-23-26/h1-5,8-10,13H,6-7,11-12H2,(H,21,24). The molecule has 4 aromatic rings. The summed E-state index contributed by atoms with van der Waals surface area (Å²) in [5.74, 6) is 0.920. The molecule has 8 heteroatoms. The molecule has 26 heavy (non-hydrogen) atoms. The highest BCUT2D eigenvalue weighted by Gasteiger charge is 2.48. The summed E-state index contributed by atoms with van der Waals surface area (Å²) in [7, 11) is 0. The number of aromatic amines is 1. The third-order valence-electron chi connectivity index (χ3n) is 4.90. The van der Waals surface area contributed by atoms with Crippen molar-refractivity contribution in [2.75, 3.05) is 11.4 Å². The molecule has 1 fully saturated rings. The van der Waals surface area contributed by atoms with Crippen molar-refractivity contribution in [2.24, 2.45) is 0 Å². The van der Waals surface area contributed by atoms with Gasteiger partial charge in [-0.1, -0.05) is 12.1 Å². The Hall–Kier alpha value is -3.29. The number of aromatic nitrogens is 7. The molecule has 0 saturated heterocycles. The monoisotopic (exact) mass is 346 g/mol. The minimum absolute atomic E-state index is 0.0738. The molecule has 0 spiro atoms. The van der Waals surface area contributed by atoms with E-state index >= 15 is 0 Å². The van der Waals surface area contributed by atoms with Crippen molar-refractivity contribution in [1.82, 2.24) is 35.2 Å². The Morgan fingerprint density at radius 2 is 1.88 bits per heavy atom. The number of benzene rings is 1. The molecule has 0 bridgehead atoms. The van der Waals surface area contributed by atoms with Crippen LogP contribution in [-0.4, -0.2) is 41.7 Å². The zero-order valence-electron chi connectivity index (χ0n) is 14.2. The van der Waals surface area contributed by atoms with Crippen molar-refractivity contribution in [3.63, 3.8) is 0 Å². The fourth-order valence-corrected chi connectivity index (χ4v) is 3.41. The minimum atomic E-state index is -0.0738. The van der Waals surface area contributed by atoms with Crippen LogP contribution in [0.25, 0.3) is 10.9 Å². The van der Waals surface area contributed by atoms with Gasteiger partial charge in [-0.2, -0.15) is 20.1 Å². The quantitative estimate of drug-likeness (QED) is 0.575. The summed E-state index contributed by atoms with van der Waals surface area (Å²) in [5.41, 5.74) is 1.90. The number of para-hydroxylation sites is 1. The van der Waals surface area contributed by atoms with Gasteiger partial charge in [0, 0.05) is 18.1 Å². The molecule has 1 N–H and O–H groups in total. The first-order valence-corrected chi connectivity index (χ1v) is 8.64. The summed E-state index contributed by atoms with van der Waals surface area (Å²) in [6, 6.07) is 10.1. The fourth-order valence-electron chi connectivity index (χ4n) is 3.41. The maximum Gasteiger partial charge on any atom is 0.140 e. The fraction of sp³-hybridized carbons (Fsp3) is 0.278. The summed E-state index contributed by atoms with van der Waals surface area (Å²) in [6.45, 7) is 1.46. The largest absolute Gasteiger partial charge is 0.348 e. The van der Waals surface area contributed by atoms with E-state index in [0.29, 0.717) is 6.54 Å². The zero-order chi connectivity index (χ0) is 17.4. The predicted octanol–water partition coefficient (Wildman–Crippen LogP) is 2.14. The van der Waals surface area contributed by atoms with Crippen molar-refractivity contribution in [3.05, 3.63) is 60.9 Å². The smallest absolute Gasteiger partial charge is 0.140 e. The van der Waals surface area contributed by atoms with Crippen LogP contribution in [0.15, 0.2) is 55.2 Å². The van der Waals surface area contributed by atoms with Crippen LogP contribution in [0.2, 0.25) is 0 Å². The van der Waals surface area contributed by atoms with Crippen LogP contribution in [0.5, 0.6) is 0 Å². The average molecular weight is 346 g/mol. The number of nitrogens with zero attached hydrogens (tertiary/aromatic N) is 7. The zero-order valence-corrected chi connectivity index (χ0v) is 14.2. The number of nitrogens with one attached hydrogen (secondary N) is 1. The van der Waals surface area contributed by atoms with E-state index in [2.05, 4.69) is 41.3 Å². The molecule has 0 aliphatic heterocycles. The van der Waals surface area contributed by atoms with Gasteiger partial charge in [0.1, 0.15) is 12.1 Å². The second kappa shape index (κ2) is 5.91. The van der Waals surface area contributed by atoms with Gasteiger partial charge >= 0.3 is 0 Å². The van der Waals surface area contributed by atoms with Gasteiger partial charge in [0.05, 0.1) is 35.7 Å². The van der Waals surface area contributed by atoms with E-state index in [1.54, 1.807) is 24.9 Å². The number of rotatable bonds is 6. The highest BCUT2D eigenvalue weighted by molar-refractivity contribution is 5.89. The first kappa shape index (κ1) is 15.0. The lowest BCUT2D eigenvalue weighted by atomic mass is 10.2. The van der Waals surface area contributed by atoms with Crippen molar-refractivity contribution >= 4 is 16.7 Å². The lowest BCUT2D eigenvalue weighted by Gasteiger charge is -2.28. The van der Waals surface area contributed by atoms with Gasteiger partial charge in [0.25, 0.3) is 0 Å². The van der Waals surface area contributed by atoms with E-state index in [0.717, 1.165) is 41.8 Å². The Labute approximate surface area is 149 Å². The van der Waals surface area contributed by atoms with Crippen molar-refractivity contribution in [1.29, 1.82) is 0 Å². The van der Waals surface area contributed by atoms with Crippen LogP contribution < -0.4 is 4.90 Å². The first-order chi connectivity index (χ1) is 12.8. The molecule has 1 aliphatic rings. The second-order valence-electron chi connectivity index (χ2n) is 6.70. The SMILES string of the molecule is c1ccc2c(N(Cc3ccn[nH]3)CC3(n4nccn4)CC3)ncnc2c1. The molecule has 1 saturated carbocycles. The third-order valence-corrected chi connectivity index (χ3v) is 4.90. The number of hydrogen-bond donors (Lipinski definition) is 1. The minimum Gasteiger partial charge on any atom is -0.348 e. The molecule has 130 valence electrons. The van der Waals surface area contributed by atoms with Crippen LogP contribution in [-0.2, 0) is 12.1 Å². The van der Waals surface area contributed by atoms with Gasteiger partial charge in [-0.05, 0) is 31.0 Å². The number of fused-ring (bicyclic) bond motifs is 1. The van der Waals surface area contributed by atoms with Gasteiger partial charge in [-0.25, -0.2) is 9.97 Å². The Balaban J connectivity index is 1.56. The molecule has 5 rings (SSSR count). The van der Waals surface area contributed by atoms with Crippen LogP contribution >= 0.6 is 0 Å². The van der Waals surface area contributed by atoms with Gasteiger partial charge in [-0.3, -0.25) is 5.10 Å². The average Bonchev–Trinajstić information content (AvgIpc) is 3.08. The molecule has 8 nitrogen and oxygen atoms in total. The molecule has 0 unspecified atom stereocenters. The van der Waals surface area contributed by atoms with E-state index in [9.17, 15) is 0 Å². The molecule has 0 atom stereocenters. The Morgan fingerprint density at radius 1 is 1.04 bits per heavy atom. The highest BCUT2D eigenvalue weighted by Crippen LogP contribution is 2.44. The van der Waals surface area contributed by atoms with E-state index in [1.807, 2.05) is 29.1 Å². The lowest BCUT2D eigenvalue weighted by molar-refractivity contribution is 0.377. The molecule has 1 aliphatic carbocycles. The van der Waals surface area contributed by atoms with E-state index in [1.165, 1.54) is 0 Å². The summed E-state index contributed by atoms with van der Waals surface area (Å²) in [5, 5.41) is 16.9. The lowest BCUT2D eigenvalue weighted by Crippen LogP contribution is -2.37. The summed E-state index contributed by atoms with van der Waals surface area (Å²) >= 11 is 0. The molecular formula is C18H18N8. The summed E-state index contributed by atoms with van der Waals surface area (Å²) < 4.78 is 0. The Kier molecular flexibility index (Phi) is 3.41. The number of H-pyrrole nitrogens is 1. The third kappa shape index (κ3) is 2.59. The van der Waals surface area contributed by atoms with Crippen LogP contribution in [0.4, 0.5) is 5.82 Å². The predicted molar refractivity (Wildman–Crippen MR) is 96.4 cm³/mol. The van der Waals surface area contributed by atoms with Crippen molar-refractivity contribution in [3.8, 4) is 0 Å². The highest BCUT2D eigenvalue weighted by atomic mass is 15.5. The molecule has 1 aromatic carbocycles. The molecule has 3 aromatic heterocycles. The normalized spacial score (nSPS) is 15.2. The van der Waals surface area contributed by atoms with E-state index < -0.39 is 0 Å². The topological polar surface area (TPSA) is 88.4 Å². The molecule has 3 heterocycles. The molecule has 0 radical (unpaired) electrons. The van der Waals surface area contributed by atoms with Crippen LogP contribution in [0.3, 0.4) is 0 Å². The van der Waals surface area contributed by atoms with E-state index in [-0.39, 0.29) is 5.54 Å². The maximum absolute atomic E-state index is 4.61. The maximum atomic E-state index is 4.61. The second-order valence-corrected chi connectivity index (χ2v) is 6.70. The Morgan fingerprint density at radius 3 is 2.65 bits per heavy atom. The number of hydrogen-bond acceptors (Lipinski definition) is 6. The number of anilines is 1. The van der Waals surface area contributed by atoms with Crippen LogP contribution in [0, 0.1) is 0 Å². The van der Waals surface area contributed by atoms with Crippen molar-refractivity contribution in [2.45, 2.75) is 24.9 Å².